The molecule has 2 aromatic rings. The van der Waals surface area contributed by atoms with Crippen LogP contribution in [0.3, 0.4) is 0 Å². The number of hydrogen-bond donors (Lipinski definition) is 1. The van der Waals surface area contributed by atoms with E-state index in [0.717, 1.165) is 16.7 Å². The summed E-state index contributed by atoms with van der Waals surface area (Å²) in [4.78, 5) is 12.9. The molecule has 0 radical (unpaired) electrons. The van der Waals surface area contributed by atoms with Gasteiger partial charge in [0.2, 0.25) is 5.88 Å². The van der Waals surface area contributed by atoms with Gasteiger partial charge in [-0.15, -0.1) is 0 Å². The van der Waals surface area contributed by atoms with Crippen LogP contribution in [-0.2, 0) is 20.9 Å². The van der Waals surface area contributed by atoms with E-state index in [1.165, 1.54) is 0 Å². The molecule has 2 N–H and O–H groups in total. The molecule has 0 fully saturated rings. The van der Waals surface area contributed by atoms with Gasteiger partial charge >= 0.3 is 5.97 Å². The fourth-order valence-corrected chi connectivity index (χ4v) is 3.17. The number of nitrogens with two attached hydrogens (primary N) is 1. The number of esters is 1. The average Bonchev–Trinajstić information content (AvgIpc) is 2.67. The van der Waals surface area contributed by atoms with Crippen LogP contribution in [0.2, 0.25) is 0 Å². The number of benzene rings is 2. The van der Waals surface area contributed by atoms with Crippen LogP contribution >= 0.6 is 0 Å². The van der Waals surface area contributed by atoms with E-state index in [9.17, 15) is 10.1 Å². The molecule has 27 heavy (non-hydrogen) atoms. The Bertz CT molecular complexity index is 969. The molecule has 1 aliphatic heterocycles. The second kappa shape index (κ2) is 7.79. The summed E-state index contributed by atoms with van der Waals surface area (Å²) >= 11 is 0. The first-order valence-electron chi connectivity index (χ1n) is 8.58. The van der Waals surface area contributed by atoms with Crippen molar-refractivity contribution in [1.29, 1.82) is 5.26 Å². The number of aryl methyl sites for hydroxylation is 1. The largest absolute Gasteiger partial charge is 0.457 e. The third kappa shape index (κ3) is 3.70. The molecular formula is C22H20N2O3. The van der Waals surface area contributed by atoms with Gasteiger partial charge in [-0.25, -0.2) is 4.79 Å². The third-order valence-corrected chi connectivity index (χ3v) is 4.54. The highest BCUT2D eigenvalue weighted by molar-refractivity contribution is 5.92. The van der Waals surface area contributed by atoms with Crippen molar-refractivity contribution < 1.29 is 14.3 Å². The Balaban J connectivity index is 1.98. The van der Waals surface area contributed by atoms with E-state index in [1.807, 2.05) is 61.5 Å². The van der Waals surface area contributed by atoms with E-state index < -0.39 is 11.9 Å². The van der Waals surface area contributed by atoms with Crippen molar-refractivity contribution in [3.63, 3.8) is 0 Å². The number of nitrogens with zero attached hydrogens (tertiary/aromatic N) is 1. The highest BCUT2D eigenvalue weighted by Gasteiger charge is 2.36. The zero-order valence-electron chi connectivity index (χ0n) is 15.2. The number of rotatable bonds is 4. The molecule has 5 heteroatoms. The quantitative estimate of drug-likeness (QED) is 0.838. The smallest absolute Gasteiger partial charge is 0.338 e. The first-order valence-corrected chi connectivity index (χ1v) is 8.58. The summed E-state index contributed by atoms with van der Waals surface area (Å²) in [7, 11) is 0. The van der Waals surface area contributed by atoms with Crippen LogP contribution in [-0.4, -0.2) is 5.97 Å². The highest BCUT2D eigenvalue weighted by atomic mass is 16.5. The molecule has 2 aromatic carbocycles. The Morgan fingerprint density at radius 1 is 1.15 bits per heavy atom. The van der Waals surface area contributed by atoms with Gasteiger partial charge in [0, 0.05) is 0 Å². The third-order valence-electron chi connectivity index (χ3n) is 4.54. The summed E-state index contributed by atoms with van der Waals surface area (Å²) in [6, 6.07) is 19.1. The molecule has 0 saturated heterocycles. The average molecular weight is 360 g/mol. The van der Waals surface area contributed by atoms with Crippen LogP contribution in [0.25, 0.3) is 0 Å². The van der Waals surface area contributed by atoms with Gasteiger partial charge in [-0.3, -0.25) is 0 Å². The first-order chi connectivity index (χ1) is 13.0. The van der Waals surface area contributed by atoms with Crippen molar-refractivity contribution >= 4 is 5.97 Å². The molecule has 0 aromatic heterocycles. The monoisotopic (exact) mass is 360 g/mol. The van der Waals surface area contributed by atoms with E-state index in [-0.39, 0.29) is 18.1 Å². The number of nitriles is 1. The number of ether oxygens (including phenoxy) is 2. The van der Waals surface area contributed by atoms with Gasteiger partial charge in [0.1, 0.15) is 24.0 Å². The summed E-state index contributed by atoms with van der Waals surface area (Å²) in [6.07, 6.45) is 0. The maximum atomic E-state index is 12.9. The van der Waals surface area contributed by atoms with Gasteiger partial charge < -0.3 is 15.2 Å². The van der Waals surface area contributed by atoms with E-state index in [0.29, 0.717) is 11.3 Å². The minimum Gasteiger partial charge on any atom is -0.457 e. The van der Waals surface area contributed by atoms with Crippen LogP contribution < -0.4 is 5.73 Å². The van der Waals surface area contributed by atoms with Crippen LogP contribution in [0, 0.1) is 18.3 Å². The highest BCUT2D eigenvalue weighted by Crippen LogP contribution is 2.40. The van der Waals surface area contributed by atoms with Crippen LogP contribution in [0.5, 0.6) is 0 Å². The second-order valence-corrected chi connectivity index (χ2v) is 6.31. The van der Waals surface area contributed by atoms with Crippen molar-refractivity contribution in [1.82, 2.24) is 0 Å². The Morgan fingerprint density at radius 2 is 1.81 bits per heavy atom. The molecule has 3 rings (SSSR count). The molecule has 1 unspecified atom stereocenters. The molecule has 0 amide bonds. The minimum absolute atomic E-state index is 0.0165. The molecule has 136 valence electrons. The minimum atomic E-state index is -0.617. The van der Waals surface area contributed by atoms with Gasteiger partial charge in [-0.2, -0.15) is 5.26 Å². The maximum absolute atomic E-state index is 12.9. The lowest BCUT2D eigenvalue weighted by Crippen LogP contribution is -2.26. The standard InChI is InChI=1S/C22H20N2O3/c1-14-8-6-7-11-17(14)20-18(12-23)21(24)27-15(2)19(20)22(25)26-13-16-9-4-3-5-10-16/h3-11,20H,13,24H2,1-2H3. The SMILES string of the molecule is CC1=C(C(=O)OCc2ccccc2)C(c2ccccc2C)C(C#N)=C(N)O1. The van der Waals surface area contributed by atoms with Gasteiger partial charge in [0.05, 0.1) is 11.5 Å². The Hall–Kier alpha value is -3.52. The lowest BCUT2D eigenvalue weighted by atomic mass is 9.81. The predicted molar refractivity (Wildman–Crippen MR) is 101 cm³/mol. The van der Waals surface area contributed by atoms with Crippen LogP contribution in [0.15, 0.2) is 77.4 Å². The zero-order chi connectivity index (χ0) is 19.4. The van der Waals surface area contributed by atoms with E-state index >= 15 is 0 Å². The van der Waals surface area contributed by atoms with Crippen LogP contribution in [0.4, 0.5) is 0 Å². The molecule has 1 heterocycles. The van der Waals surface area contributed by atoms with Gasteiger partial charge in [-0.05, 0) is 30.5 Å². The summed E-state index contributed by atoms with van der Waals surface area (Å²) in [6.45, 7) is 3.72. The topological polar surface area (TPSA) is 85.3 Å². The van der Waals surface area contributed by atoms with Crippen molar-refractivity contribution in [2.24, 2.45) is 5.73 Å². The first kappa shape index (κ1) is 18.3. The normalized spacial score (nSPS) is 16.6. The van der Waals surface area contributed by atoms with E-state index in [4.69, 9.17) is 15.2 Å². The zero-order valence-corrected chi connectivity index (χ0v) is 15.2. The molecule has 0 bridgehead atoms. The molecule has 1 aliphatic rings. The summed E-state index contributed by atoms with van der Waals surface area (Å²) in [5, 5.41) is 9.64. The van der Waals surface area contributed by atoms with E-state index in [2.05, 4.69) is 6.07 Å². The number of carbonyl (C=O) groups excluding carboxylic acids is 1. The molecular weight excluding hydrogens is 340 g/mol. The molecule has 1 atom stereocenters. The summed E-state index contributed by atoms with van der Waals surface area (Å²) in [5.74, 6) is -0.779. The summed E-state index contributed by atoms with van der Waals surface area (Å²) < 4.78 is 11.0. The Kier molecular flexibility index (Phi) is 5.28. The van der Waals surface area contributed by atoms with Gasteiger partial charge in [0.15, 0.2) is 0 Å². The lowest BCUT2D eigenvalue weighted by molar-refractivity contribution is -0.140. The number of allylic oxidation sites excluding steroid dienone is 2. The fraction of sp³-hybridized carbons (Fsp3) is 0.182. The van der Waals surface area contributed by atoms with Crippen molar-refractivity contribution in [3.8, 4) is 6.07 Å². The lowest BCUT2D eigenvalue weighted by Gasteiger charge is -2.27. The second-order valence-electron chi connectivity index (χ2n) is 6.31. The van der Waals surface area contributed by atoms with Crippen molar-refractivity contribution in [3.05, 3.63) is 94.1 Å². The number of carbonyl (C=O) groups is 1. The van der Waals surface area contributed by atoms with Crippen molar-refractivity contribution in [2.75, 3.05) is 0 Å². The molecule has 5 nitrogen and oxygen atoms in total. The van der Waals surface area contributed by atoms with Crippen molar-refractivity contribution in [2.45, 2.75) is 26.4 Å². The van der Waals surface area contributed by atoms with Crippen LogP contribution in [0.1, 0.15) is 29.5 Å². The molecule has 0 spiro atoms. The Labute approximate surface area is 158 Å². The maximum Gasteiger partial charge on any atom is 0.338 e. The van der Waals surface area contributed by atoms with Gasteiger partial charge in [0.25, 0.3) is 0 Å². The summed E-state index contributed by atoms with van der Waals surface area (Å²) in [5.41, 5.74) is 9.09. The molecule has 0 saturated carbocycles. The fourth-order valence-electron chi connectivity index (χ4n) is 3.17. The van der Waals surface area contributed by atoms with E-state index in [1.54, 1.807) is 6.92 Å². The van der Waals surface area contributed by atoms with Gasteiger partial charge in [-0.1, -0.05) is 54.6 Å². The molecule has 0 aliphatic carbocycles. The predicted octanol–water partition coefficient (Wildman–Crippen LogP) is 3.82. The Morgan fingerprint density at radius 3 is 2.48 bits per heavy atom. The number of hydrogen-bond acceptors (Lipinski definition) is 5.